The van der Waals surface area contributed by atoms with Crippen molar-refractivity contribution >= 4 is 45.7 Å². The zero-order chi connectivity index (χ0) is 18.2. The molecule has 0 aliphatic rings. The highest BCUT2D eigenvalue weighted by molar-refractivity contribution is 6.67. The van der Waals surface area contributed by atoms with Gasteiger partial charge in [0.1, 0.15) is 11.4 Å². The molecule has 0 aromatic heterocycles. The monoisotopic (exact) mass is 409 g/mol. The number of rotatable bonds is 3. The van der Waals surface area contributed by atoms with Crippen molar-refractivity contribution in [3.05, 3.63) is 22.2 Å². The molecular weight excluding hydrogens is 408 g/mol. The molecule has 0 radical (unpaired) electrons. The third kappa shape index (κ3) is 4.98. The molecule has 0 atom stereocenters. The van der Waals surface area contributed by atoms with Gasteiger partial charge in [0, 0.05) is 12.1 Å². The minimum Gasteiger partial charge on any atom is -0.406 e. The topological polar surface area (TPSA) is 21.6 Å². The van der Waals surface area contributed by atoms with Gasteiger partial charge in [-0.05, 0) is 0 Å². The van der Waals surface area contributed by atoms with E-state index in [9.17, 15) is 35.1 Å². The Morgan fingerprint density at radius 1 is 0.913 bits per heavy atom. The van der Waals surface area contributed by atoms with Crippen LogP contribution in [0.5, 0.6) is 5.75 Å². The molecular formula is C10H2Cl3F8NO. The Labute approximate surface area is 137 Å². The fourth-order valence-electron chi connectivity index (χ4n) is 1.13. The van der Waals surface area contributed by atoms with Crippen LogP contribution in [0.25, 0.3) is 0 Å². The van der Waals surface area contributed by atoms with Crippen LogP contribution in [0.2, 0.25) is 10.0 Å². The summed E-state index contributed by atoms with van der Waals surface area (Å²) >= 11 is 15.7. The van der Waals surface area contributed by atoms with Crippen molar-refractivity contribution < 1.29 is 39.9 Å². The van der Waals surface area contributed by atoms with Crippen LogP contribution in [0.3, 0.4) is 0 Å². The number of alkyl halides is 8. The van der Waals surface area contributed by atoms with Crippen molar-refractivity contribution in [3.63, 3.8) is 0 Å². The molecule has 0 amide bonds. The van der Waals surface area contributed by atoms with Gasteiger partial charge in [-0.2, -0.15) is 22.0 Å². The van der Waals surface area contributed by atoms with Crippen LogP contribution in [0.1, 0.15) is 0 Å². The number of halogens is 11. The van der Waals surface area contributed by atoms with Gasteiger partial charge in [0.05, 0.1) is 10.0 Å². The average Bonchev–Trinajstić information content (AvgIpc) is 2.29. The van der Waals surface area contributed by atoms with Crippen LogP contribution < -0.4 is 4.74 Å². The lowest BCUT2D eigenvalue weighted by molar-refractivity contribution is -0.274. The highest BCUT2D eigenvalue weighted by atomic mass is 35.5. The van der Waals surface area contributed by atoms with Crippen LogP contribution in [0.15, 0.2) is 17.1 Å². The van der Waals surface area contributed by atoms with Crippen molar-refractivity contribution in [1.29, 1.82) is 0 Å². The third-order valence-corrected chi connectivity index (χ3v) is 2.95. The molecule has 0 aliphatic carbocycles. The summed E-state index contributed by atoms with van der Waals surface area (Å²) in [6.07, 6.45) is -11.1. The first kappa shape index (κ1) is 20.0. The van der Waals surface area contributed by atoms with E-state index in [1.807, 2.05) is 0 Å². The van der Waals surface area contributed by atoms with Gasteiger partial charge in [0.15, 0.2) is 5.17 Å². The molecule has 13 heteroatoms. The fourth-order valence-corrected chi connectivity index (χ4v) is 1.87. The molecule has 0 saturated carbocycles. The normalized spacial score (nSPS) is 14.1. The first-order chi connectivity index (χ1) is 10.1. The Kier molecular flexibility index (Phi) is 5.65. The maximum Gasteiger partial charge on any atom is 0.573 e. The third-order valence-electron chi connectivity index (χ3n) is 2.05. The van der Waals surface area contributed by atoms with E-state index in [-0.39, 0.29) is 0 Å². The number of aliphatic imine (C=N–C) groups is 1. The zero-order valence-electron chi connectivity index (χ0n) is 10.2. The summed E-state index contributed by atoms with van der Waals surface area (Å²) in [7, 11) is 0. The summed E-state index contributed by atoms with van der Waals surface area (Å²) in [4.78, 5) is 2.75. The Balaban J connectivity index is 3.28. The standard InChI is InChI=1S/C10H2Cl3F8NO/c11-4-1-3(23-10(19,20)21)2-5(12)6(4)22-7(13)8(14,15)9(16,17)18/h1-2H. The number of ether oxygens (including phenoxy) is 1. The molecule has 0 saturated heterocycles. The molecule has 0 bridgehead atoms. The van der Waals surface area contributed by atoms with Gasteiger partial charge in [0.25, 0.3) is 0 Å². The highest BCUT2D eigenvalue weighted by Crippen LogP contribution is 2.42. The molecule has 2 nitrogen and oxygen atoms in total. The molecule has 1 aromatic carbocycles. The molecule has 130 valence electrons. The van der Waals surface area contributed by atoms with Crippen LogP contribution in [0.4, 0.5) is 40.8 Å². The average molecular weight is 410 g/mol. The molecule has 1 aromatic rings. The number of hydrogen-bond acceptors (Lipinski definition) is 2. The SMILES string of the molecule is FC(F)(F)Oc1cc(Cl)c(N=C(Cl)C(F)(F)C(F)(F)F)c(Cl)c1. The first-order valence-electron chi connectivity index (χ1n) is 5.09. The zero-order valence-corrected chi connectivity index (χ0v) is 12.4. The van der Waals surface area contributed by atoms with E-state index in [0.717, 1.165) is 0 Å². The summed E-state index contributed by atoms with van der Waals surface area (Å²) in [5.74, 6) is -6.42. The lowest BCUT2D eigenvalue weighted by atomic mass is 10.3. The molecule has 0 N–H and O–H groups in total. The second kappa shape index (κ2) is 6.48. The summed E-state index contributed by atoms with van der Waals surface area (Å²) in [5, 5.41) is -3.78. The summed E-state index contributed by atoms with van der Waals surface area (Å²) in [6, 6.07) is 0.936. The van der Waals surface area contributed by atoms with Crippen LogP contribution >= 0.6 is 34.8 Å². The summed E-state index contributed by atoms with van der Waals surface area (Å²) < 4.78 is 102. The maximum atomic E-state index is 12.9. The smallest absolute Gasteiger partial charge is 0.406 e. The van der Waals surface area contributed by atoms with Gasteiger partial charge in [-0.25, -0.2) is 4.99 Å². The molecule has 0 spiro atoms. The predicted molar refractivity (Wildman–Crippen MR) is 67.1 cm³/mol. The van der Waals surface area contributed by atoms with Crippen molar-refractivity contribution in [1.82, 2.24) is 0 Å². The van der Waals surface area contributed by atoms with Crippen molar-refractivity contribution in [3.8, 4) is 5.75 Å². The molecule has 23 heavy (non-hydrogen) atoms. The van der Waals surface area contributed by atoms with Gasteiger partial charge in [-0.3, -0.25) is 0 Å². The van der Waals surface area contributed by atoms with E-state index in [0.29, 0.717) is 12.1 Å². The number of benzene rings is 1. The van der Waals surface area contributed by atoms with E-state index >= 15 is 0 Å². The van der Waals surface area contributed by atoms with Gasteiger partial charge in [0.2, 0.25) is 0 Å². The lowest BCUT2D eigenvalue weighted by Gasteiger charge is -2.18. The van der Waals surface area contributed by atoms with Gasteiger partial charge >= 0.3 is 18.5 Å². The Morgan fingerprint density at radius 3 is 1.70 bits per heavy atom. The van der Waals surface area contributed by atoms with Gasteiger partial charge in [-0.15, -0.1) is 13.2 Å². The minimum absolute atomic E-state index is 0.468. The quantitative estimate of drug-likeness (QED) is 0.420. The van der Waals surface area contributed by atoms with Gasteiger partial charge < -0.3 is 4.74 Å². The van der Waals surface area contributed by atoms with Crippen LogP contribution in [-0.4, -0.2) is 23.6 Å². The van der Waals surface area contributed by atoms with E-state index in [4.69, 9.17) is 34.8 Å². The minimum atomic E-state index is -6.04. The first-order valence-corrected chi connectivity index (χ1v) is 6.22. The largest absolute Gasteiger partial charge is 0.573 e. The van der Waals surface area contributed by atoms with Crippen molar-refractivity contribution in [2.45, 2.75) is 18.5 Å². The maximum absolute atomic E-state index is 12.9. The molecule has 0 fully saturated rings. The highest BCUT2D eigenvalue weighted by Gasteiger charge is 2.61. The lowest BCUT2D eigenvalue weighted by Crippen LogP contribution is -2.41. The predicted octanol–water partition coefficient (Wildman–Crippen LogP) is 6.36. The molecule has 0 heterocycles. The van der Waals surface area contributed by atoms with Gasteiger partial charge in [-0.1, -0.05) is 34.8 Å². The second-order valence-electron chi connectivity index (χ2n) is 3.76. The van der Waals surface area contributed by atoms with Crippen LogP contribution in [-0.2, 0) is 0 Å². The Hall–Kier alpha value is -1.00. The molecule has 0 unspecified atom stereocenters. The summed E-state index contributed by atoms with van der Waals surface area (Å²) in [6.45, 7) is 0. The number of hydrogen-bond donors (Lipinski definition) is 0. The second-order valence-corrected chi connectivity index (χ2v) is 4.93. The number of nitrogens with zero attached hydrogens (tertiary/aromatic N) is 1. The Morgan fingerprint density at radius 2 is 1.35 bits per heavy atom. The molecule has 0 aliphatic heterocycles. The van der Waals surface area contributed by atoms with E-state index < -0.39 is 45.1 Å². The van der Waals surface area contributed by atoms with E-state index in [2.05, 4.69) is 9.73 Å². The van der Waals surface area contributed by atoms with Crippen molar-refractivity contribution in [2.24, 2.45) is 4.99 Å². The summed E-state index contributed by atoms with van der Waals surface area (Å²) in [5.41, 5.74) is -0.878. The van der Waals surface area contributed by atoms with Crippen molar-refractivity contribution in [2.75, 3.05) is 0 Å². The van der Waals surface area contributed by atoms with E-state index in [1.165, 1.54) is 0 Å². The Bertz CT molecular complexity index is 603. The van der Waals surface area contributed by atoms with Crippen LogP contribution in [0, 0.1) is 0 Å². The van der Waals surface area contributed by atoms with E-state index in [1.54, 1.807) is 0 Å². The fraction of sp³-hybridized carbons (Fsp3) is 0.300. The molecule has 1 rings (SSSR count).